The first-order valence-corrected chi connectivity index (χ1v) is 8.83. The number of anilines is 2. The molecule has 4 heterocycles. The molecule has 0 aromatic carbocycles. The summed E-state index contributed by atoms with van der Waals surface area (Å²) in [5, 5.41) is 2.03. The first-order valence-electron chi connectivity index (χ1n) is 7.95. The van der Waals surface area contributed by atoms with Crippen molar-refractivity contribution in [3.63, 3.8) is 0 Å². The number of piperazine rings is 1. The molecule has 0 N–H and O–H groups in total. The molecule has 1 aliphatic rings. The van der Waals surface area contributed by atoms with Gasteiger partial charge in [0.1, 0.15) is 18.5 Å². The average molecular weight is 344 g/mol. The molecule has 3 aromatic heterocycles. The number of aryl methyl sites for hydroxylation is 1. The van der Waals surface area contributed by atoms with Gasteiger partial charge in [-0.3, -0.25) is 0 Å². The molecule has 0 unspecified atom stereocenters. The number of fused-ring (bicyclic) bond motifs is 1. The van der Waals surface area contributed by atoms with Crippen LogP contribution in [0.3, 0.4) is 0 Å². The third-order valence-corrected chi connectivity index (χ3v) is 5.18. The molecule has 1 fully saturated rings. The highest BCUT2D eigenvalue weighted by molar-refractivity contribution is 7.17. The Balaban J connectivity index is 1.54. The summed E-state index contributed by atoms with van der Waals surface area (Å²) in [5.74, 6) is 1.08. The Kier molecular flexibility index (Phi) is 3.97. The Morgan fingerprint density at radius 3 is 2.42 bits per heavy atom. The Hall–Kier alpha value is -2.35. The van der Waals surface area contributed by atoms with E-state index in [1.54, 1.807) is 17.7 Å². The summed E-state index contributed by atoms with van der Waals surface area (Å²) in [6.07, 6.45) is 3.62. The number of nitrogens with zero attached hydrogens (tertiary/aromatic N) is 6. The molecule has 0 saturated carbocycles. The minimum absolute atomic E-state index is 0.295. The van der Waals surface area contributed by atoms with Gasteiger partial charge >= 0.3 is 0 Å². The summed E-state index contributed by atoms with van der Waals surface area (Å²) in [5.41, 5.74) is 1.44. The van der Waals surface area contributed by atoms with E-state index in [1.807, 2.05) is 23.3 Å². The lowest BCUT2D eigenvalue weighted by molar-refractivity contribution is 0.568. The second-order valence-corrected chi connectivity index (χ2v) is 6.53. The quantitative estimate of drug-likeness (QED) is 0.728. The lowest BCUT2D eigenvalue weighted by atomic mass is 10.2. The van der Waals surface area contributed by atoms with Gasteiger partial charge in [0.2, 0.25) is 0 Å². The van der Waals surface area contributed by atoms with Crippen molar-refractivity contribution in [1.82, 2.24) is 19.9 Å². The number of rotatable bonds is 3. The molecule has 24 heavy (non-hydrogen) atoms. The second-order valence-electron chi connectivity index (χ2n) is 5.62. The van der Waals surface area contributed by atoms with E-state index >= 15 is 0 Å². The van der Waals surface area contributed by atoms with Crippen molar-refractivity contribution in [3.8, 4) is 0 Å². The molecule has 0 spiro atoms. The lowest BCUT2D eigenvalue weighted by Crippen LogP contribution is -2.47. The fraction of sp³-hybridized carbons (Fsp3) is 0.375. The van der Waals surface area contributed by atoms with E-state index in [4.69, 9.17) is 0 Å². The van der Waals surface area contributed by atoms with E-state index < -0.39 is 0 Å². The van der Waals surface area contributed by atoms with Crippen LogP contribution in [0.5, 0.6) is 0 Å². The maximum absolute atomic E-state index is 14.4. The molecule has 0 radical (unpaired) electrons. The van der Waals surface area contributed by atoms with E-state index in [0.717, 1.165) is 29.1 Å². The van der Waals surface area contributed by atoms with E-state index in [2.05, 4.69) is 24.8 Å². The second kappa shape index (κ2) is 6.27. The van der Waals surface area contributed by atoms with Gasteiger partial charge in [-0.25, -0.2) is 24.3 Å². The van der Waals surface area contributed by atoms with Crippen LogP contribution in [0.15, 0.2) is 24.1 Å². The molecule has 0 atom stereocenters. The normalized spacial score (nSPS) is 15.2. The third kappa shape index (κ3) is 2.56. The lowest BCUT2D eigenvalue weighted by Gasteiger charge is -2.36. The van der Waals surface area contributed by atoms with Crippen molar-refractivity contribution in [2.24, 2.45) is 0 Å². The Labute approximate surface area is 143 Å². The van der Waals surface area contributed by atoms with Crippen molar-refractivity contribution in [3.05, 3.63) is 35.6 Å². The number of hydrogen-bond acceptors (Lipinski definition) is 7. The fourth-order valence-corrected chi connectivity index (χ4v) is 3.86. The first kappa shape index (κ1) is 15.2. The molecule has 6 nitrogen and oxygen atoms in total. The molecular weight excluding hydrogens is 327 g/mol. The Bertz CT molecular complexity index is 859. The van der Waals surface area contributed by atoms with Crippen LogP contribution >= 0.6 is 11.3 Å². The molecule has 8 heteroatoms. The van der Waals surface area contributed by atoms with Gasteiger partial charge in [-0.2, -0.15) is 0 Å². The summed E-state index contributed by atoms with van der Waals surface area (Å²) in [6, 6.07) is 2.00. The van der Waals surface area contributed by atoms with Gasteiger partial charge in [0.15, 0.2) is 11.6 Å². The number of aromatic nitrogens is 4. The highest BCUT2D eigenvalue weighted by Crippen LogP contribution is 2.29. The fourth-order valence-electron chi connectivity index (χ4n) is 2.99. The largest absolute Gasteiger partial charge is 0.352 e. The highest BCUT2D eigenvalue weighted by atomic mass is 32.1. The zero-order valence-corrected chi connectivity index (χ0v) is 14.1. The zero-order valence-electron chi connectivity index (χ0n) is 13.3. The van der Waals surface area contributed by atoms with Gasteiger partial charge < -0.3 is 9.80 Å². The number of halogens is 1. The van der Waals surface area contributed by atoms with Gasteiger partial charge in [0.05, 0.1) is 15.9 Å². The average Bonchev–Trinajstić information content (AvgIpc) is 3.11. The summed E-state index contributed by atoms with van der Waals surface area (Å²) in [7, 11) is 0. The number of thiophene rings is 1. The van der Waals surface area contributed by atoms with Crippen LogP contribution in [0.2, 0.25) is 0 Å². The predicted molar refractivity (Wildman–Crippen MR) is 93.2 cm³/mol. The van der Waals surface area contributed by atoms with E-state index in [1.165, 1.54) is 6.33 Å². The van der Waals surface area contributed by atoms with Crippen molar-refractivity contribution >= 4 is 33.2 Å². The molecular formula is C16H17FN6S. The maximum Gasteiger partial charge on any atom is 0.187 e. The van der Waals surface area contributed by atoms with E-state index in [9.17, 15) is 4.39 Å². The van der Waals surface area contributed by atoms with Crippen LogP contribution in [0.25, 0.3) is 10.2 Å². The third-order valence-electron chi connectivity index (χ3n) is 4.28. The molecule has 1 aliphatic heterocycles. The molecule has 4 rings (SSSR count). The highest BCUT2D eigenvalue weighted by Gasteiger charge is 2.24. The Morgan fingerprint density at radius 1 is 1.00 bits per heavy atom. The van der Waals surface area contributed by atoms with Gasteiger partial charge in [0.25, 0.3) is 0 Å². The van der Waals surface area contributed by atoms with Crippen molar-refractivity contribution in [2.75, 3.05) is 36.0 Å². The van der Waals surface area contributed by atoms with Crippen LogP contribution in [0, 0.1) is 5.82 Å². The first-order chi connectivity index (χ1) is 11.8. The topological polar surface area (TPSA) is 58.0 Å². The SMILES string of the molecule is CCc1ncnc(N2CCN(c3ncnc4ccsc34)CC2)c1F. The van der Waals surface area contributed by atoms with Crippen molar-refractivity contribution in [2.45, 2.75) is 13.3 Å². The van der Waals surface area contributed by atoms with Crippen molar-refractivity contribution < 1.29 is 4.39 Å². The van der Waals surface area contributed by atoms with Crippen LogP contribution in [-0.4, -0.2) is 46.1 Å². The van der Waals surface area contributed by atoms with Gasteiger partial charge in [-0.05, 0) is 17.9 Å². The van der Waals surface area contributed by atoms with Gasteiger partial charge in [-0.1, -0.05) is 6.92 Å². The minimum atomic E-state index is -0.295. The summed E-state index contributed by atoms with van der Waals surface area (Å²) < 4.78 is 15.5. The Morgan fingerprint density at radius 2 is 1.67 bits per heavy atom. The molecule has 0 aliphatic carbocycles. The monoisotopic (exact) mass is 344 g/mol. The van der Waals surface area contributed by atoms with E-state index in [0.29, 0.717) is 31.0 Å². The predicted octanol–water partition coefficient (Wildman–Crippen LogP) is 2.51. The number of hydrogen-bond donors (Lipinski definition) is 0. The van der Waals surface area contributed by atoms with Crippen LogP contribution in [-0.2, 0) is 6.42 Å². The van der Waals surface area contributed by atoms with Crippen LogP contribution < -0.4 is 9.80 Å². The smallest absolute Gasteiger partial charge is 0.187 e. The van der Waals surface area contributed by atoms with Crippen LogP contribution in [0.4, 0.5) is 16.0 Å². The zero-order chi connectivity index (χ0) is 16.5. The summed E-state index contributed by atoms with van der Waals surface area (Å²) in [6.45, 7) is 4.85. The van der Waals surface area contributed by atoms with Gasteiger partial charge in [-0.15, -0.1) is 11.3 Å². The molecule has 124 valence electrons. The van der Waals surface area contributed by atoms with Crippen molar-refractivity contribution in [1.29, 1.82) is 0 Å². The molecule has 0 bridgehead atoms. The van der Waals surface area contributed by atoms with E-state index in [-0.39, 0.29) is 5.82 Å². The molecule has 0 amide bonds. The van der Waals surface area contributed by atoms with Crippen LogP contribution in [0.1, 0.15) is 12.6 Å². The standard InChI is InChI=1S/C16H17FN6S/c1-2-11-13(17)15(20-9-18-11)22-4-6-23(7-5-22)16-14-12(3-8-24-14)19-10-21-16/h3,8-10H,2,4-7H2,1H3. The molecule has 1 saturated heterocycles. The summed E-state index contributed by atoms with van der Waals surface area (Å²) >= 11 is 1.65. The van der Waals surface area contributed by atoms with Gasteiger partial charge in [0, 0.05) is 26.2 Å². The summed E-state index contributed by atoms with van der Waals surface area (Å²) in [4.78, 5) is 21.1. The minimum Gasteiger partial charge on any atom is -0.352 e. The molecule has 3 aromatic rings. The maximum atomic E-state index is 14.4.